The maximum atomic E-state index is 13.2. The van der Waals surface area contributed by atoms with Crippen LogP contribution in [0.3, 0.4) is 0 Å². The Labute approximate surface area is 202 Å². The number of amides is 4. The monoisotopic (exact) mass is 471 g/mol. The number of hydrogen-bond donors (Lipinski definition) is 2. The van der Waals surface area contributed by atoms with Crippen LogP contribution in [0.2, 0.25) is 0 Å². The maximum Gasteiger partial charge on any atom is 0.261 e. The minimum Gasteiger partial charge on any atom is -0.496 e. The maximum absolute atomic E-state index is 13.2. The Kier molecular flexibility index (Phi) is 6.64. The SMILES string of the molecule is COc1ccc(CN2C(=O)c3ccccc3C2=O)cc1C(=O)Nc1ccccc1C(=O)NC(C)C. The first kappa shape index (κ1) is 23.7. The number of nitrogens with one attached hydrogen (secondary N) is 2. The lowest BCUT2D eigenvalue weighted by Crippen LogP contribution is -2.31. The van der Waals surface area contributed by atoms with Crippen LogP contribution >= 0.6 is 0 Å². The lowest BCUT2D eigenvalue weighted by molar-refractivity contribution is 0.0641. The number of anilines is 1. The van der Waals surface area contributed by atoms with Gasteiger partial charge in [-0.25, -0.2) is 0 Å². The summed E-state index contributed by atoms with van der Waals surface area (Å²) < 4.78 is 5.36. The highest BCUT2D eigenvalue weighted by Gasteiger charge is 2.35. The number of fused-ring (bicyclic) bond motifs is 1. The van der Waals surface area contributed by atoms with Gasteiger partial charge in [-0.3, -0.25) is 24.1 Å². The van der Waals surface area contributed by atoms with Crippen molar-refractivity contribution < 1.29 is 23.9 Å². The molecule has 0 radical (unpaired) electrons. The summed E-state index contributed by atoms with van der Waals surface area (Å²) in [5, 5.41) is 5.60. The molecule has 4 amide bonds. The molecule has 8 heteroatoms. The minimum absolute atomic E-state index is 0.00397. The number of nitrogens with zero attached hydrogens (tertiary/aromatic N) is 1. The highest BCUT2D eigenvalue weighted by molar-refractivity contribution is 6.21. The van der Waals surface area contributed by atoms with Gasteiger partial charge in [-0.1, -0.05) is 30.3 Å². The molecule has 0 unspecified atom stereocenters. The molecule has 8 nitrogen and oxygen atoms in total. The molecule has 0 aliphatic carbocycles. The summed E-state index contributed by atoms with van der Waals surface area (Å²) in [6.07, 6.45) is 0. The summed E-state index contributed by atoms with van der Waals surface area (Å²) in [5.41, 5.74) is 2.19. The van der Waals surface area contributed by atoms with Gasteiger partial charge in [-0.05, 0) is 55.8 Å². The normalized spacial score (nSPS) is 12.5. The molecule has 0 bridgehead atoms. The second-order valence-corrected chi connectivity index (χ2v) is 8.40. The largest absolute Gasteiger partial charge is 0.496 e. The Morgan fingerprint density at radius 3 is 2.11 bits per heavy atom. The van der Waals surface area contributed by atoms with E-state index in [1.54, 1.807) is 66.7 Å². The third-order valence-corrected chi connectivity index (χ3v) is 5.57. The molecule has 3 aromatic rings. The summed E-state index contributed by atoms with van der Waals surface area (Å²) in [4.78, 5) is 52.4. The van der Waals surface area contributed by atoms with Gasteiger partial charge in [0, 0.05) is 6.04 Å². The lowest BCUT2D eigenvalue weighted by Gasteiger charge is -2.17. The zero-order valence-electron chi connectivity index (χ0n) is 19.6. The van der Waals surface area contributed by atoms with E-state index in [0.717, 1.165) is 4.90 Å². The van der Waals surface area contributed by atoms with Crippen molar-refractivity contribution in [3.05, 3.63) is 94.5 Å². The van der Waals surface area contributed by atoms with Crippen molar-refractivity contribution >= 4 is 29.3 Å². The fourth-order valence-electron chi connectivity index (χ4n) is 3.92. The molecule has 0 spiro atoms. The van der Waals surface area contributed by atoms with E-state index < -0.39 is 5.91 Å². The Balaban J connectivity index is 1.59. The highest BCUT2D eigenvalue weighted by atomic mass is 16.5. The average molecular weight is 472 g/mol. The van der Waals surface area contributed by atoms with Gasteiger partial charge in [-0.15, -0.1) is 0 Å². The molecule has 1 aliphatic rings. The Morgan fingerprint density at radius 1 is 0.857 bits per heavy atom. The summed E-state index contributed by atoms with van der Waals surface area (Å²) in [6, 6.07) is 18.2. The zero-order chi connectivity index (χ0) is 25.1. The molecule has 0 saturated heterocycles. The molecule has 0 aromatic heterocycles. The van der Waals surface area contributed by atoms with Crippen molar-refractivity contribution in [2.75, 3.05) is 12.4 Å². The predicted molar refractivity (Wildman–Crippen MR) is 131 cm³/mol. The topological polar surface area (TPSA) is 105 Å². The number of methoxy groups -OCH3 is 1. The van der Waals surface area contributed by atoms with Crippen LogP contribution in [-0.2, 0) is 6.54 Å². The number of para-hydroxylation sites is 1. The van der Waals surface area contributed by atoms with Crippen molar-refractivity contribution in [1.29, 1.82) is 0 Å². The van der Waals surface area contributed by atoms with E-state index in [9.17, 15) is 19.2 Å². The van der Waals surface area contributed by atoms with Gasteiger partial charge in [0.15, 0.2) is 0 Å². The quantitative estimate of drug-likeness (QED) is 0.509. The van der Waals surface area contributed by atoms with Crippen LogP contribution in [-0.4, -0.2) is 41.7 Å². The van der Waals surface area contributed by atoms with Gasteiger partial charge in [0.05, 0.1) is 41.6 Å². The first-order chi connectivity index (χ1) is 16.8. The summed E-state index contributed by atoms with van der Waals surface area (Å²) in [5.74, 6) is -1.23. The lowest BCUT2D eigenvalue weighted by atomic mass is 10.1. The molecule has 1 aliphatic heterocycles. The molecular formula is C27H25N3O5. The van der Waals surface area contributed by atoms with E-state index in [0.29, 0.717) is 33.7 Å². The molecular weight excluding hydrogens is 446 g/mol. The first-order valence-corrected chi connectivity index (χ1v) is 11.1. The van der Waals surface area contributed by atoms with Crippen molar-refractivity contribution in [2.24, 2.45) is 0 Å². The van der Waals surface area contributed by atoms with Gasteiger partial charge in [0.2, 0.25) is 0 Å². The second-order valence-electron chi connectivity index (χ2n) is 8.40. The van der Waals surface area contributed by atoms with E-state index in [1.165, 1.54) is 7.11 Å². The van der Waals surface area contributed by atoms with E-state index in [2.05, 4.69) is 10.6 Å². The molecule has 4 rings (SSSR count). The first-order valence-electron chi connectivity index (χ1n) is 11.1. The minimum atomic E-state index is -0.490. The second kappa shape index (κ2) is 9.80. The van der Waals surface area contributed by atoms with Gasteiger partial charge in [0.25, 0.3) is 23.6 Å². The van der Waals surface area contributed by atoms with Crippen LogP contribution in [0, 0.1) is 0 Å². The van der Waals surface area contributed by atoms with Gasteiger partial charge >= 0.3 is 0 Å². The number of rotatable bonds is 7. The fourth-order valence-corrected chi connectivity index (χ4v) is 3.92. The van der Waals surface area contributed by atoms with Crippen molar-refractivity contribution in [1.82, 2.24) is 10.2 Å². The zero-order valence-corrected chi connectivity index (χ0v) is 19.6. The van der Waals surface area contributed by atoms with Crippen LogP contribution in [0.4, 0.5) is 5.69 Å². The summed E-state index contributed by atoms with van der Waals surface area (Å²) >= 11 is 0. The number of carbonyl (C=O) groups excluding carboxylic acids is 4. The van der Waals surface area contributed by atoms with E-state index in [-0.39, 0.29) is 35.9 Å². The Bertz CT molecular complexity index is 1300. The molecule has 0 fully saturated rings. The van der Waals surface area contributed by atoms with Gasteiger partial charge in [0.1, 0.15) is 5.75 Å². The highest BCUT2D eigenvalue weighted by Crippen LogP contribution is 2.27. The van der Waals surface area contributed by atoms with Gasteiger partial charge in [-0.2, -0.15) is 0 Å². The molecule has 0 atom stereocenters. The number of benzene rings is 3. The summed E-state index contributed by atoms with van der Waals surface area (Å²) in [6.45, 7) is 3.71. The van der Waals surface area contributed by atoms with E-state index in [1.807, 2.05) is 13.8 Å². The summed E-state index contributed by atoms with van der Waals surface area (Å²) in [7, 11) is 1.44. The molecule has 2 N–H and O–H groups in total. The molecule has 178 valence electrons. The standard InChI is InChI=1S/C27H25N3O5/c1-16(2)28-24(31)20-10-6-7-11-22(20)29-25(32)21-14-17(12-13-23(21)35-3)15-30-26(33)18-8-4-5-9-19(18)27(30)34/h4-14,16H,15H2,1-3H3,(H,28,31)(H,29,32). The van der Waals surface area contributed by atoms with Crippen molar-refractivity contribution in [3.8, 4) is 5.75 Å². The van der Waals surface area contributed by atoms with Crippen molar-refractivity contribution in [3.63, 3.8) is 0 Å². The Morgan fingerprint density at radius 2 is 1.49 bits per heavy atom. The average Bonchev–Trinajstić information content (AvgIpc) is 3.09. The fraction of sp³-hybridized carbons (Fsp3) is 0.185. The third kappa shape index (κ3) is 4.77. The van der Waals surface area contributed by atoms with Gasteiger partial charge < -0.3 is 15.4 Å². The third-order valence-electron chi connectivity index (χ3n) is 5.57. The van der Waals surface area contributed by atoms with Crippen LogP contribution in [0.25, 0.3) is 0 Å². The predicted octanol–water partition coefficient (Wildman–Crippen LogP) is 3.88. The number of carbonyl (C=O) groups is 4. The number of hydrogen-bond acceptors (Lipinski definition) is 5. The number of ether oxygens (including phenoxy) is 1. The Hall–Kier alpha value is -4.46. The van der Waals surface area contributed by atoms with E-state index >= 15 is 0 Å². The molecule has 3 aromatic carbocycles. The smallest absolute Gasteiger partial charge is 0.261 e. The van der Waals surface area contributed by atoms with Crippen LogP contribution < -0.4 is 15.4 Å². The van der Waals surface area contributed by atoms with Crippen molar-refractivity contribution in [2.45, 2.75) is 26.4 Å². The molecule has 1 heterocycles. The molecule has 0 saturated carbocycles. The van der Waals surface area contributed by atoms with Crippen LogP contribution in [0.1, 0.15) is 60.8 Å². The van der Waals surface area contributed by atoms with Crippen LogP contribution in [0.15, 0.2) is 66.7 Å². The molecule has 35 heavy (non-hydrogen) atoms. The number of imide groups is 1. The van der Waals surface area contributed by atoms with Crippen LogP contribution in [0.5, 0.6) is 5.75 Å². The van der Waals surface area contributed by atoms with E-state index in [4.69, 9.17) is 4.74 Å².